The number of aldehydes is 1. The van der Waals surface area contributed by atoms with Crippen LogP contribution in [0, 0.1) is 0 Å². The number of hydrogen-bond acceptors (Lipinski definition) is 4. The van der Waals surface area contributed by atoms with Crippen LogP contribution in [0.15, 0.2) is 34.5 Å². The molecule has 0 spiro atoms. The molecule has 1 atom stereocenters. The largest absolute Gasteiger partial charge is 0.303 e. The number of thioether (sulfide) groups is 1. The maximum absolute atomic E-state index is 10.4. The molecular weight excluding hydrogens is 200 g/mol. The standard InChI is InChI=1S/C8H8N4OS/c9-12-11-7(5-13)6-14-8-3-1-2-4-10-8/h1-5,7H,6H2. The van der Waals surface area contributed by atoms with E-state index in [9.17, 15) is 4.79 Å². The molecule has 0 N–H and O–H groups in total. The quantitative estimate of drug-likeness (QED) is 0.244. The minimum atomic E-state index is -0.619. The van der Waals surface area contributed by atoms with Crippen LogP contribution in [0.5, 0.6) is 0 Å². The highest BCUT2D eigenvalue weighted by Crippen LogP contribution is 2.15. The third kappa shape index (κ3) is 3.47. The molecule has 0 bridgehead atoms. The van der Waals surface area contributed by atoms with E-state index in [1.54, 1.807) is 6.20 Å². The molecule has 5 nitrogen and oxygen atoms in total. The molecule has 0 fully saturated rings. The zero-order chi connectivity index (χ0) is 10.2. The summed E-state index contributed by atoms with van der Waals surface area (Å²) in [5.74, 6) is 0.421. The van der Waals surface area contributed by atoms with Crippen LogP contribution in [0.3, 0.4) is 0 Å². The van der Waals surface area contributed by atoms with Crippen LogP contribution >= 0.6 is 11.8 Å². The maximum Gasteiger partial charge on any atom is 0.129 e. The SMILES string of the molecule is [N-]=[N+]=NC(C=O)CSc1ccccn1. The normalized spacial score (nSPS) is 11.4. The number of hydrogen-bond donors (Lipinski definition) is 0. The van der Waals surface area contributed by atoms with Crippen LogP contribution in [0.25, 0.3) is 10.4 Å². The number of carbonyl (C=O) groups excluding carboxylic acids is 1. The summed E-state index contributed by atoms with van der Waals surface area (Å²) < 4.78 is 0. The molecule has 14 heavy (non-hydrogen) atoms. The number of rotatable bonds is 5. The van der Waals surface area contributed by atoms with E-state index in [1.807, 2.05) is 18.2 Å². The maximum atomic E-state index is 10.4. The Hall–Kier alpha value is -1.52. The zero-order valence-corrected chi connectivity index (χ0v) is 8.09. The number of nitrogens with zero attached hydrogens (tertiary/aromatic N) is 4. The van der Waals surface area contributed by atoms with Gasteiger partial charge in [0.15, 0.2) is 0 Å². The molecule has 1 aromatic rings. The number of aromatic nitrogens is 1. The molecule has 1 heterocycles. The van der Waals surface area contributed by atoms with Gasteiger partial charge in [0.25, 0.3) is 0 Å². The highest BCUT2D eigenvalue weighted by Gasteiger charge is 2.05. The van der Waals surface area contributed by atoms with Crippen molar-refractivity contribution in [2.24, 2.45) is 5.11 Å². The van der Waals surface area contributed by atoms with Gasteiger partial charge >= 0.3 is 0 Å². The van der Waals surface area contributed by atoms with Gasteiger partial charge in [0.05, 0.1) is 5.03 Å². The Morgan fingerprint density at radius 2 is 2.57 bits per heavy atom. The van der Waals surface area contributed by atoms with Crippen LogP contribution in [0.2, 0.25) is 0 Å². The van der Waals surface area contributed by atoms with Crippen molar-refractivity contribution in [2.75, 3.05) is 5.75 Å². The Labute approximate surface area is 85.2 Å². The summed E-state index contributed by atoms with van der Waals surface area (Å²) in [4.78, 5) is 17.1. The van der Waals surface area contributed by atoms with Crippen LogP contribution in [-0.2, 0) is 4.79 Å². The predicted octanol–water partition coefficient (Wildman–Crippen LogP) is 2.05. The first kappa shape index (κ1) is 10.6. The second-order valence-corrected chi connectivity index (χ2v) is 3.43. The molecule has 0 amide bonds. The lowest BCUT2D eigenvalue weighted by Gasteiger charge is -2.01. The molecule has 72 valence electrons. The van der Waals surface area contributed by atoms with Gasteiger partial charge in [0.1, 0.15) is 12.3 Å². The third-order valence-electron chi connectivity index (χ3n) is 1.40. The van der Waals surface area contributed by atoms with Gasteiger partial charge in [-0.05, 0) is 17.7 Å². The van der Waals surface area contributed by atoms with Crippen molar-refractivity contribution >= 4 is 18.0 Å². The lowest BCUT2D eigenvalue weighted by molar-refractivity contribution is -0.108. The minimum absolute atomic E-state index is 0.421. The molecule has 1 rings (SSSR count). The van der Waals surface area contributed by atoms with E-state index in [0.29, 0.717) is 12.0 Å². The summed E-state index contributed by atoms with van der Waals surface area (Å²) >= 11 is 1.39. The van der Waals surface area contributed by atoms with Crippen molar-refractivity contribution in [1.29, 1.82) is 0 Å². The first-order valence-electron chi connectivity index (χ1n) is 3.90. The summed E-state index contributed by atoms with van der Waals surface area (Å²) in [5.41, 5.74) is 8.14. The van der Waals surface area contributed by atoms with E-state index < -0.39 is 6.04 Å². The van der Waals surface area contributed by atoms with Crippen molar-refractivity contribution < 1.29 is 4.79 Å². The molecule has 0 aliphatic carbocycles. The van der Waals surface area contributed by atoms with Crippen LogP contribution < -0.4 is 0 Å². The van der Waals surface area contributed by atoms with Crippen molar-refractivity contribution in [1.82, 2.24) is 4.98 Å². The predicted molar refractivity (Wildman–Crippen MR) is 54.0 cm³/mol. The van der Waals surface area contributed by atoms with Gasteiger partial charge in [-0.15, -0.1) is 11.8 Å². The van der Waals surface area contributed by atoms with E-state index in [4.69, 9.17) is 5.53 Å². The molecule has 0 aliphatic rings. The van der Waals surface area contributed by atoms with E-state index >= 15 is 0 Å². The second kappa shape index (κ2) is 6.01. The number of pyridine rings is 1. The summed E-state index contributed by atoms with van der Waals surface area (Å²) in [6.07, 6.45) is 2.31. The third-order valence-corrected chi connectivity index (χ3v) is 2.44. The summed E-state index contributed by atoms with van der Waals surface area (Å²) in [7, 11) is 0. The van der Waals surface area contributed by atoms with E-state index in [1.165, 1.54) is 11.8 Å². The van der Waals surface area contributed by atoms with Crippen LogP contribution in [-0.4, -0.2) is 23.1 Å². The molecule has 0 saturated heterocycles. The van der Waals surface area contributed by atoms with Gasteiger partial charge in [0.2, 0.25) is 0 Å². The fourth-order valence-corrected chi connectivity index (χ4v) is 1.57. The van der Waals surface area contributed by atoms with Gasteiger partial charge in [-0.2, -0.15) is 0 Å². The van der Waals surface area contributed by atoms with Gasteiger partial charge < -0.3 is 4.79 Å². The lowest BCUT2D eigenvalue weighted by Crippen LogP contribution is -2.07. The average Bonchev–Trinajstić information content (AvgIpc) is 2.25. The van der Waals surface area contributed by atoms with Crippen LogP contribution in [0.4, 0.5) is 0 Å². The number of azide groups is 1. The molecule has 0 aromatic carbocycles. The molecule has 1 unspecified atom stereocenters. The molecule has 0 radical (unpaired) electrons. The first-order chi connectivity index (χ1) is 6.86. The fourth-order valence-electron chi connectivity index (χ4n) is 0.769. The smallest absolute Gasteiger partial charge is 0.129 e. The van der Waals surface area contributed by atoms with Gasteiger partial charge in [0, 0.05) is 16.9 Å². The number of carbonyl (C=O) groups is 1. The van der Waals surface area contributed by atoms with Crippen molar-refractivity contribution in [3.05, 3.63) is 34.8 Å². The van der Waals surface area contributed by atoms with Gasteiger partial charge in [-0.1, -0.05) is 11.2 Å². The molecular formula is C8H8N4OS. The summed E-state index contributed by atoms with van der Waals surface area (Å²) in [6.45, 7) is 0. The Bertz CT molecular complexity index is 336. The lowest BCUT2D eigenvalue weighted by atomic mass is 10.4. The van der Waals surface area contributed by atoms with Crippen molar-refractivity contribution in [2.45, 2.75) is 11.1 Å². The monoisotopic (exact) mass is 208 g/mol. The van der Waals surface area contributed by atoms with Crippen molar-refractivity contribution in [3.63, 3.8) is 0 Å². The second-order valence-electron chi connectivity index (χ2n) is 2.39. The Kier molecular flexibility index (Phi) is 4.54. The van der Waals surface area contributed by atoms with E-state index in [0.717, 1.165) is 5.03 Å². The zero-order valence-electron chi connectivity index (χ0n) is 7.28. The van der Waals surface area contributed by atoms with Gasteiger partial charge in [-0.3, -0.25) is 0 Å². The molecule has 6 heteroatoms. The van der Waals surface area contributed by atoms with Crippen LogP contribution in [0.1, 0.15) is 0 Å². The van der Waals surface area contributed by atoms with Gasteiger partial charge in [-0.25, -0.2) is 4.98 Å². The first-order valence-corrected chi connectivity index (χ1v) is 4.88. The highest BCUT2D eigenvalue weighted by atomic mass is 32.2. The molecule has 0 aliphatic heterocycles. The topological polar surface area (TPSA) is 78.7 Å². The Morgan fingerprint density at radius 3 is 3.14 bits per heavy atom. The molecule has 0 saturated carbocycles. The van der Waals surface area contributed by atoms with E-state index in [-0.39, 0.29) is 0 Å². The van der Waals surface area contributed by atoms with Crippen molar-refractivity contribution in [3.8, 4) is 0 Å². The molecule has 1 aromatic heterocycles. The Morgan fingerprint density at radius 1 is 1.71 bits per heavy atom. The van der Waals surface area contributed by atoms with E-state index in [2.05, 4.69) is 15.0 Å². The average molecular weight is 208 g/mol. The fraction of sp³-hybridized carbons (Fsp3) is 0.250. The summed E-state index contributed by atoms with van der Waals surface area (Å²) in [5, 5.41) is 4.13. The highest BCUT2D eigenvalue weighted by molar-refractivity contribution is 7.99. The Balaban J connectivity index is 2.47. The minimum Gasteiger partial charge on any atom is -0.303 e. The summed E-state index contributed by atoms with van der Waals surface area (Å²) in [6, 6.07) is 4.89.